The van der Waals surface area contributed by atoms with E-state index in [0.29, 0.717) is 21.4 Å². The first kappa shape index (κ1) is 23.5. The molecule has 0 bridgehead atoms. The lowest BCUT2D eigenvalue weighted by Crippen LogP contribution is -2.33. The van der Waals surface area contributed by atoms with Gasteiger partial charge in [0, 0.05) is 22.2 Å². The van der Waals surface area contributed by atoms with E-state index < -0.39 is 22.1 Å². The van der Waals surface area contributed by atoms with E-state index in [2.05, 4.69) is 0 Å². The minimum atomic E-state index is -4.12. The molecular weight excluding hydrogens is 507 g/mol. The lowest BCUT2D eigenvalue weighted by molar-refractivity contribution is 0.413. The molecule has 0 radical (unpaired) electrons. The molecule has 3 aromatic carbocycles. The Morgan fingerprint density at radius 2 is 1.34 bits per heavy atom. The summed E-state index contributed by atoms with van der Waals surface area (Å²) in [4.78, 5) is 13.2. The Kier molecular flexibility index (Phi) is 6.09. The van der Waals surface area contributed by atoms with Crippen LogP contribution in [0, 0.1) is 0 Å². The highest BCUT2D eigenvalue weighted by atomic mass is 35.5. The van der Waals surface area contributed by atoms with E-state index in [1.165, 1.54) is 34.2 Å². The van der Waals surface area contributed by atoms with E-state index in [1.807, 2.05) is 0 Å². The van der Waals surface area contributed by atoms with Gasteiger partial charge in [0.15, 0.2) is 0 Å². The van der Waals surface area contributed by atoms with Crippen molar-refractivity contribution in [2.75, 3.05) is 11.4 Å². The molecule has 4 aromatic rings. The van der Waals surface area contributed by atoms with Crippen LogP contribution in [0.5, 0.6) is 5.75 Å². The number of methoxy groups -OCH3 is 1. The topological polar surface area (TPSA) is 68.6 Å². The van der Waals surface area contributed by atoms with Crippen LogP contribution in [0.15, 0.2) is 101 Å². The van der Waals surface area contributed by atoms with E-state index in [4.69, 9.17) is 27.9 Å². The van der Waals surface area contributed by atoms with E-state index >= 15 is 0 Å². The number of hydrogen-bond acceptors (Lipinski definition) is 4. The summed E-state index contributed by atoms with van der Waals surface area (Å²) in [5, 5.41) is 1.06. The van der Waals surface area contributed by atoms with Gasteiger partial charge in [0.05, 0.1) is 24.1 Å². The minimum absolute atomic E-state index is 0.0513. The molecule has 0 spiro atoms. The number of ether oxygens (including phenoxy) is 1. The fraction of sp³-hybridized carbons (Fsp3) is 0.115. The minimum Gasteiger partial charge on any atom is -0.497 e. The zero-order valence-corrected chi connectivity index (χ0v) is 20.8. The van der Waals surface area contributed by atoms with Gasteiger partial charge in [0.25, 0.3) is 15.6 Å². The maximum absolute atomic E-state index is 14.2. The average Bonchev–Trinajstić information content (AvgIpc) is 3.22. The van der Waals surface area contributed by atoms with E-state index in [1.54, 1.807) is 72.8 Å². The second kappa shape index (κ2) is 9.07. The number of fused-ring (bicyclic) bond motifs is 1. The molecule has 9 heteroatoms. The van der Waals surface area contributed by atoms with E-state index in [-0.39, 0.29) is 16.3 Å². The van der Waals surface area contributed by atoms with Crippen LogP contribution in [-0.4, -0.2) is 20.1 Å². The van der Waals surface area contributed by atoms with Crippen molar-refractivity contribution in [1.82, 2.24) is 4.57 Å². The Morgan fingerprint density at radius 3 is 1.94 bits per heavy atom. The van der Waals surface area contributed by atoms with Crippen LogP contribution in [0.3, 0.4) is 0 Å². The number of nitrogens with zero attached hydrogens (tertiary/aromatic N) is 2. The third kappa shape index (κ3) is 4.10. The molecule has 1 aliphatic rings. The molecule has 35 heavy (non-hydrogen) atoms. The number of sulfonamides is 1. The molecular formula is C26H20Cl2N2O4S. The molecule has 1 aromatic heterocycles. The number of halogens is 2. The predicted octanol–water partition coefficient (Wildman–Crippen LogP) is 5.70. The molecule has 0 fully saturated rings. The average molecular weight is 527 g/mol. The van der Waals surface area contributed by atoms with Crippen molar-refractivity contribution < 1.29 is 13.2 Å². The molecule has 1 aliphatic heterocycles. The SMILES string of the molecule is COc1cccc(S(=O)(=O)N2c3cccc(=O)n3[C@H](c3ccc(Cl)cc3)[C@@H]2c2ccc(Cl)cc2)c1. The van der Waals surface area contributed by atoms with Crippen molar-refractivity contribution in [1.29, 1.82) is 0 Å². The van der Waals surface area contributed by atoms with Gasteiger partial charge in [-0.2, -0.15) is 0 Å². The molecule has 0 saturated heterocycles. The van der Waals surface area contributed by atoms with Gasteiger partial charge in [-0.15, -0.1) is 0 Å². The highest BCUT2D eigenvalue weighted by Gasteiger charge is 2.47. The van der Waals surface area contributed by atoms with Gasteiger partial charge in [0.1, 0.15) is 11.6 Å². The Labute approximate surface area is 213 Å². The fourth-order valence-corrected chi connectivity index (χ4v) is 6.40. The number of hydrogen-bond donors (Lipinski definition) is 0. The van der Waals surface area contributed by atoms with Crippen LogP contribution < -0.4 is 14.6 Å². The second-order valence-electron chi connectivity index (χ2n) is 8.06. The summed E-state index contributed by atoms with van der Waals surface area (Å²) < 4.78 is 36.4. The number of aromatic nitrogens is 1. The van der Waals surface area contributed by atoms with Crippen LogP contribution in [0.25, 0.3) is 0 Å². The van der Waals surface area contributed by atoms with Crippen LogP contribution in [-0.2, 0) is 10.0 Å². The highest BCUT2D eigenvalue weighted by molar-refractivity contribution is 7.92. The van der Waals surface area contributed by atoms with Gasteiger partial charge >= 0.3 is 0 Å². The summed E-state index contributed by atoms with van der Waals surface area (Å²) >= 11 is 12.3. The Balaban J connectivity index is 1.80. The molecule has 0 N–H and O–H groups in total. The third-order valence-electron chi connectivity index (χ3n) is 6.05. The van der Waals surface area contributed by atoms with Gasteiger partial charge in [-0.25, -0.2) is 12.7 Å². The zero-order chi connectivity index (χ0) is 24.7. The lowest BCUT2D eigenvalue weighted by Gasteiger charge is -2.29. The van der Waals surface area contributed by atoms with E-state index in [0.717, 1.165) is 5.56 Å². The lowest BCUT2D eigenvalue weighted by atomic mass is 9.94. The van der Waals surface area contributed by atoms with Crippen molar-refractivity contribution >= 4 is 39.0 Å². The smallest absolute Gasteiger partial charge is 0.266 e. The van der Waals surface area contributed by atoms with Gasteiger partial charge in [-0.05, 0) is 53.6 Å². The first-order chi connectivity index (χ1) is 16.8. The summed E-state index contributed by atoms with van der Waals surface area (Å²) in [5.74, 6) is 0.674. The largest absolute Gasteiger partial charge is 0.497 e. The molecule has 0 saturated carbocycles. The maximum Gasteiger partial charge on any atom is 0.266 e. The van der Waals surface area contributed by atoms with Crippen LogP contribution in [0.4, 0.5) is 5.82 Å². The fourth-order valence-electron chi connectivity index (χ4n) is 4.48. The first-order valence-corrected chi connectivity index (χ1v) is 12.9. The van der Waals surface area contributed by atoms with Crippen molar-refractivity contribution in [2.24, 2.45) is 0 Å². The first-order valence-electron chi connectivity index (χ1n) is 10.7. The summed E-state index contributed by atoms with van der Waals surface area (Å²) in [6.07, 6.45) is 0. The quantitative estimate of drug-likeness (QED) is 0.334. The van der Waals surface area contributed by atoms with E-state index in [9.17, 15) is 13.2 Å². The number of rotatable bonds is 5. The summed E-state index contributed by atoms with van der Waals surface area (Å²) in [7, 11) is -2.65. The predicted molar refractivity (Wildman–Crippen MR) is 137 cm³/mol. The molecule has 0 unspecified atom stereocenters. The molecule has 0 aliphatic carbocycles. The standard InChI is InChI=1S/C26H20Cl2N2O4S/c1-34-21-4-2-5-22(16-21)35(32,33)30-23-6-3-7-24(31)29(23)25(17-8-12-19(27)13-9-17)26(30)18-10-14-20(28)15-11-18/h2-16,25-26H,1H3/t25-,26+/m1/s1. The van der Waals surface area contributed by atoms with Gasteiger partial charge in [0.2, 0.25) is 0 Å². The Morgan fingerprint density at radius 1 is 0.771 bits per heavy atom. The normalized spacial score (nSPS) is 17.3. The monoisotopic (exact) mass is 526 g/mol. The summed E-state index contributed by atoms with van der Waals surface area (Å²) in [6.45, 7) is 0. The van der Waals surface area contributed by atoms with Gasteiger partial charge in [-0.3, -0.25) is 9.36 Å². The molecule has 6 nitrogen and oxygen atoms in total. The van der Waals surface area contributed by atoms with Crippen molar-refractivity contribution in [3.05, 3.63) is 123 Å². The number of pyridine rings is 1. The van der Waals surface area contributed by atoms with Crippen molar-refractivity contribution in [2.45, 2.75) is 17.0 Å². The van der Waals surface area contributed by atoms with Crippen molar-refractivity contribution in [3.8, 4) is 5.75 Å². The Hall–Kier alpha value is -3.26. The molecule has 178 valence electrons. The van der Waals surface area contributed by atoms with Crippen LogP contribution in [0.2, 0.25) is 10.0 Å². The molecule has 2 heterocycles. The van der Waals surface area contributed by atoms with Crippen molar-refractivity contribution in [3.63, 3.8) is 0 Å². The maximum atomic E-state index is 14.2. The molecule has 0 amide bonds. The second-order valence-corrected chi connectivity index (χ2v) is 10.8. The van der Waals surface area contributed by atoms with Crippen LogP contribution in [0.1, 0.15) is 23.2 Å². The number of benzene rings is 3. The summed E-state index contributed by atoms with van der Waals surface area (Å²) in [6, 6.07) is 23.5. The Bertz CT molecular complexity index is 1550. The molecule has 5 rings (SSSR count). The van der Waals surface area contributed by atoms with Crippen LogP contribution >= 0.6 is 23.2 Å². The highest BCUT2D eigenvalue weighted by Crippen LogP contribution is 2.49. The third-order valence-corrected chi connectivity index (χ3v) is 8.33. The summed E-state index contributed by atoms with van der Waals surface area (Å²) in [5.41, 5.74) is 1.11. The van der Waals surface area contributed by atoms with Gasteiger partial charge in [-0.1, -0.05) is 59.6 Å². The van der Waals surface area contributed by atoms with Gasteiger partial charge < -0.3 is 4.74 Å². The molecule has 2 atom stereocenters. The number of anilines is 1. The zero-order valence-electron chi connectivity index (χ0n) is 18.5.